The number of rotatable bonds is 1. The van der Waals surface area contributed by atoms with Crippen molar-refractivity contribution in [3.8, 4) is 0 Å². The normalized spacial score (nSPS) is 7.67. The third kappa shape index (κ3) is 4.17. The van der Waals surface area contributed by atoms with Gasteiger partial charge in [0, 0.05) is 0 Å². The van der Waals surface area contributed by atoms with Crippen LogP contribution in [0.25, 0.3) is 0 Å². The maximum atomic E-state index is 6.60. The van der Waals surface area contributed by atoms with Crippen molar-refractivity contribution < 1.29 is 0 Å². The topological polar surface area (TPSA) is 35.9 Å². The number of amidine groups is 1. The molecule has 0 spiro atoms. The summed E-state index contributed by atoms with van der Waals surface area (Å²) in [5, 5.41) is 9.28. The predicted octanol–water partition coefficient (Wildman–Crippen LogP) is 0.328. The van der Waals surface area contributed by atoms with Crippen LogP contribution >= 0.6 is 25.3 Å². The van der Waals surface area contributed by atoms with Gasteiger partial charge in [-0.15, -0.1) is 12.6 Å². The Morgan fingerprint density at radius 1 is 1.83 bits per heavy atom. The fraction of sp³-hybridized carbons (Fsp3) is 0.500. The zero-order valence-corrected chi connectivity index (χ0v) is 4.89. The molecule has 0 aromatic heterocycles. The highest BCUT2D eigenvalue weighted by Crippen LogP contribution is 1.71. The van der Waals surface area contributed by atoms with Crippen LogP contribution in [-0.2, 0) is 0 Å². The third-order valence-corrected chi connectivity index (χ3v) is 0.563. The van der Waals surface area contributed by atoms with Gasteiger partial charge in [-0.2, -0.15) is 12.6 Å². The molecule has 0 aliphatic carbocycles. The molecule has 0 aromatic carbocycles. The van der Waals surface area contributed by atoms with Crippen LogP contribution in [0.15, 0.2) is 0 Å². The van der Waals surface area contributed by atoms with Gasteiger partial charge >= 0.3 is 0 Å². The maximum Gasteiger partial charge on any atom is 0.151 e. The van der Waals surface area contributed by atoms with Crippen LogP contribution in [-0.4, -0.2) is 11.0 Å². The molecule has 36 valence electrons. The van der Waals surface area contributed by atoms with E-state index in [1.165, 1.54) is 0 Å². The lowest BCUT2D eigenvalue weighted by molar-refractivity contribution is 1.14. The average molecular weight is 122 g/mol. The van der Waals surface area contributed by atoms with Crippen molar-refractivity contribution in [2.75, 3.05) is 5.88 Å². The van der Waals surface area contributed by atoms with Gasteiger partial charge in [0.15, 0.2) is 5.17 Å². The molecule has 4 heteroatoms. The first kappa shape index (κ1) is 6.17. The Hall–Kier alpha value is 0.170. The molecule has 2 nitrogen and oxygen atoms in total. The second-order valence-corrected chi connectivity index (χ2v) is 1.45. The smallest absolute Gasteiger partial charge is 0.151 e. The van der Waals surface area contributed by atoms with E-state index in [0.29, 0.717) is 5.88 Å². The minimum Gasteiger partial charge on any atom is -0.357 e. The monoisotopic (exact) mass is 122 g/mol. The molecule has 0 saturated carbocycles. The highest BCUT2D eigenvalue weighted by atomic mass is 32.1. The summed E-state index contributed by atoms with van der Waals surface area (Å²) >= 11 is 7.36. The van der Waals surface area contributed by atoms with Crippen LogP contribution in [0, 0.1) is 5.41 Å². The van der Waals surface area contributed by atoms with Crippen molar-refractivity contribution >= 4 is 30.4 Å². The lowest BCUT2D eigenvalue weighted by Gasteiger charge is -1.91. The molecule has 0 rings (SSSR count). The van der Waals surface area contributed by atoms with Crippen molar-refractivity contribution in [3.63, 3.8) is 0 Å². The maximum absolute atomic E-state index is 6.60. The number of thiol groups is 2. The SMILES string of the molecule is N=C(S)NCS. The number of nitrogens with one attached hydrogen (secondary N) is 2. The summed E-state index contributed by atoms with van der Waals surface area (Å²) in [5.74, 6) is 0.475. The van der Waals surface area contributed by atoms with Gasteiger partial charge in [-0.05, 0) is 0 Å². The molecule has 0 saturated heterocycles. The molecule has 0 bridgehead atoms. The standard InChI is InChI=1S/C2H6N2S2/c3-2(6)4-1-5/h5H,1H2,(H3,3,4,6). The summed E-state index contributed by atoms with van der Waals surface area (Å²) in [6, 6.07) is 0. The van der Waals surface area contributed by atoms with E-state index in [1.54, 1.807) is 0 Å². The van der Waals surface area contributed by atoms with Gasteiger partial charge in [-0.3, -0.25) is 5.41 Å². The van der Waals surface area contributed by atoms with Gasteiger partial charge < -0.3 is 5.32 Å². The van der Waals surface area contributed by atoms with Crippen molar-refractivity contribution in [1.82, 2.24) is 5.32 Å². The molecule has 0 aliphatic heterocycles. The molecule has 2 N–H and O–H groups in total. The second kappa shape index (κ2) is 3.36. The lowest BCUT2D eigenvalue weighted by Crippen LogP contribution is -2.13. The van der Waals surface area contributed by atoms with Gasteiger partial charge in [0.1, 0.15) is 0 Å². The van der Waals surface area contributed by atoms with Crippen molar-refractivity contribution in [2.24, 2.45) is 0 Å². The van der Waals surface area contributed by atoms with Crippen LogP contribution < -0.4 is 5.32 Å². The Kier molecular flexibility index (Phi) is 3.46. The Bertz CT molecular complexity index is 53.5. The highest BCUT2D eigenvalue weighted by Gasteiger charge is 1.75. The van der Waals surface area contributed by atoms with Gasteiger partial charge in [0.2, 0.25) is 0 Å². The van der Waals surface area contributed by atoms with Crippen LogP contribution in [0.3, 0.4) is 0 Å². The molecule has 0 aliphatic rings. The summed E-state index contributed by atoms with van der Waals surface area (Å²) in [6.07, 6.45) is 0. The van der Waals surface area contributed by atoms with E-state index in [0.717, 1.165) is 0 Å². The van der Waals surface area contributed by atoms with Crippen molar-refractivity contribution in [1.29, 1.82) is 5.41 Å². The molecule has 0 heterocycles. The zero-order chi connectivity index (χ0) is 4.99. The first-order valence-corrected chi connectivity index (χ1v) is 2.47. The van der Waals surface area contributed by atoms with Crippen LogP contribution in [0.4, 0.5) is 0 Å². The first-order valence-electron chi connectivity index (χ1n) is 1.39. The Morgan fingerprint density at radius 3 is 2.33 bits per heavy atom. The summed E-state index contributed by atoms with van der Waals surface area (Å²) in [6.45, 7) is 0. The number of hydrogen-bond acceptors (Lipinski definition) is 2. The van der Waals surface area contributed by atoms with Crippen LogP contribution in [0.2, 0.25) is 0 Å². The summed E-state index contributed by atoms with van der Waals surface area (Å²) in [4.78, 5) is 0. The third-order valence-electron chi connectivity index (χ3n) is 0.247. The second-order valence-electron chi connectivity index (χ2n) is 0.683. The molecule has 0 radical (unpaired) electrons. The largest absolute Gasteiger partial charge is 0.357 e. The Morgan fingerprint density at radius 2 is 2.33 bits per heavy atom. The van der Waals surface area contributed by atoms with E-state index in [9.17, 15) is 0 Å². The van der Waals surface area contributed by atoms with Gasteiger partial charge in [-0.25, -0.2) is 0 Å². The summed E-state index contributed by atoms with van der Waals surface area (Å²) < 4.78 is 0. The molecular weight excluding hydrogens is 116 g/mol. The minimum atomic E-state index is 0.157. The molecule has 0 atom stereocenters. The molecule has 0 amide bonds. The van der Waals surface area contributed by atoms with Crippen molar-refractivity contribution in [3.05, 3.63) is 0 Å². The Labute approximate surface area is 47.6 Å². The van der Waals surface area contributed by atoms with E-state index in [4.69, 9.17) is 5.41 Å². The zero-order valence-electron chi connectivity index (χ0n) is 3.10. The fourth-order valence-electron chi connectivity index (χ4n) is 0.0749. The van der Waals surface area contributed by atoms with E-state index >= 15 is 0 Å². The molecular formula is C2H6N2S2. The highest BCUT2D eigenvalue weighted by molar-refractivity contribution is 7.96. The van der Waals surface area contributed by atoms with E-state index < -0.39 is 0 Å². The predicted molar refractivity (Wildman–Crippen MR) is 33.7 cm³/mol. The van der Waals surface area contributed by atoms with E-state index in [1.807, 2.05) is 0 Å². The lowest BCUT2D eigenvalue weighted by atomic mass is 11.2. The fourth-order valence-corrected chi connectivity index (χ4v) is 0.437. The Balaban J connectivity index is 2.83. The van der Waals surface area contributed by atoms with Crippen molar-refractivity contribution in [2.45, 2.75) is 0 Å². The summed E-state index contributed by atoms with van der Waals surface area (Å²) in [7, 11) is 0. The molecule has 6 heavy (non-hydrogen) atoms. The molecule has 0 unspecified atom stereocenters. The van der Waals surface area contributed by atoms with Gasteiger partial charge in [-0.1, -0.05) is 0 Å². The van der Waals surface area contributed by atoms with E-state index in [2.05, 4.69) is 30.6 Å². The van der Waals surface area contributed by atoms with Gasteiger partial charge in [0.05, 0.1) is 5.88 Å². The average Bonchev–Trinajstić information content (AvgIpc) is 1.35. The quantitative estimate of drug-likeness (QED) is 0.172. The van der Waals surface area contributed by atoms with Crippen LogP contribution in [0.1, 0.15) is 0 Å². The number of hydrogen-bond donors (Lipinski definition) is 4. The summed E-state index contributed by atoms with van der Waals surface area (Å²) in [5.41, 5.74) is 0. The van der Waals surface area contributed by atoms with Crippen LogP contribution in [0.5, 0.6) is 0 Å². The van der Waals surface area contributed by atoms with Gasteiger partial charge in [0.25, 0.3) is 0 Å². The first-order chi connectivity index (χ1) is 2.77. The minimum absolute atomic E-state index is 0.157. The van der Waals surface area contributed by atoms with E-state index in [-0.39, 0.29) is 5.17 Å². The molecule has 0 fully saturated rings. The molecule has 0 aromatic rings.